The van der Waals surface area contributed by atoms with Crippen molar-refractivity contribution in [1.29, 1.82) is 0 Å². The van der Waals surface area contributed by atoms with Crippen molar-refractivity contribution in [1.82, 2.24) is 31.5 Å². The average molecular weight is 847 g/mol. The SMILES string of the molecule is CCCCCCCCCC(=O)N[C@@H](CNCc1ccc(C(=O)N2C[C@@H](C(=O)N[C@H]3C[C@@H]3c3ccccc3)[C@H](C(=O)N[C@H]3C[C@@H]3c3ccccc3)C2)cc1)C(=O)NCCCCCC. The van der Waals surface area contributed by atoms with Crippen LogP contribution in [0.15, 0.2) is 84.9 Å². The van der Waals surface area contributed by atoms with Gasteiger partial charge in [0, 0.05) is 68.6 Å². The van der Waals surface area contributed by atoms with E-state index >= 15 is 0 Å². The van der Waals surface area contributed by atoms with E-state index in [2.05, 4.69) is 64.7 Å². The summed E-state index contributed by atoms with van der Waals surface area (Å²) >= 11 is 0. The maximum atomic E-state index is 14.0. The number of rotatable bonds is 26. The molecule has 0 unspecified atom stereocenters. The van der Waals surface area contributed by atoms with E-state index in [1.165, 1.54) is 36.8 Å². The number of nitrogens with one attached hydrogen (secondary N) is 5. The molecule has 334 valence electrons. The van der Waals surface area contributed by atoms with Crippen molar-refractivity contribution in [3.8, 4) is 0 Å². The quantitative estimate of drug-likeness (QED) is 0.0544. The predicted octanol–water partition coefficient (Wildman–Crippen LogP) is 7.13. The molecule has 3 fully saturated rings. The molecule has 2 aliphatic carbocycles. The third-order valence-electron chi connectivity index (χ3n) is 12.8. The molecule has 5 amide bonds. The van der Waals surface area contributed by atoms with Gasteiger partial charge in [-0.1, -0.05) is 144 Å². The van der Waals surface area contributed by atoms with Gasteiger partial charge in [-0.3, -0.25) is 24.0 Å². The van der Waals surface area contributed by atoms with Crippen LogP contribution >= 0.6 is 0 Å². The summed E-state index contributed by atoms with van der Waals surface area (Å²) in [7, 11) is 0. The van der Waals surface area contributed by atoms with E-state index in [-0.39, 0.29) is 73.1 Å². The fourth-order valence-electron chi connectivity index (χ4n) is 8.84. The van der Waals surface area contributed by atoms with E-state index in [1.807, 2.05) is 48.5 Å². The molecule has 5 N–H and O–H groups in total. The lowest BCUT2D eigenvalue weighted by Crippen LogP contribution is -2.51. The smallest absolute Gasteiger partial charge is 0.253 e. The van der Waals surface area contributed by atoms with E-state index < -0.39 is 17.9 Å². The Kier molecular flexibility index (Phi) is 18.0. The van der Waals surface area contributed by atoms with Crippen LogP contribution in [-0.2, 0) is 25.7 Å². The summed E-state index contributed by atoms with van der Waals surface area (Å²) in [4.78, 5) is 69.5. The topological polar surface area (TPSA) is 149 Å². The van der Waals surface area contributed by atoms with Crippen molar-refractivity contribution in [3.05, 3.63) is 107 Å². The average Bonchev–Trinajstić information content (AvgIpc) is 4.20. The lowest BCUT2D eigenvalue weighted by Gasteiger charge is -2.19. The Hall–Kier alpha value is -5.03. The molecule has 0 bridgehead atoms. The standard InChI is InChI=1S/C51H70N6O5/c1-3-5-7-9-10-11-18-24-47(58)54-46(50(61)53-29-19-8-6-4-2)33-52-32-36-25-27-39(28-26-36)51(62)57-34-42(48(59)55-44-30-40(44)37-20-14-12-15-21-37)43(35-57)49(60)56-45-31-41(45)38-22-16-13-17-23-38/h12-17,20-23,25-28,40-46,52H,3-11,18-19,24,29-35H2,1-2H3,(H,53,61)(H,54,58)(H,55,59)(H,56,60)/t40-,41-,42-,43-,44+,45+,46+/m1/s1. The molecule has 1 heterocycles. The van der Waals surface area contributed by atoms with Crippen LogP contribution in [0.4, 0.5) is 0 Å². The highest BCUT2D eigenvalue weighted by Gasteiger charge is 2.49. The fourth-order valence-corrected chi connectivity index (χ4v) is 8.84. The maximum Gasteiger partial charge on any atom is 0.253 e. The molecule has 0 spiro atoms. The number of hydrogen-bond acceptors (Lipinski definition) is 6. The van der Waals surface area contributed by atoms with E-state index in [4.69, 9.17) is 0 Å². The zero-order valence-electron chi connectivity index (χ0n) is 37.0. The largest absolute Gasteiger partial charge is 0.354 e. The van der Waals surface area contributed by atoms with E-state index in [9.17, 15) is 24.0 Å². The second-order valence-electron chi connectivity index (χ2n) is 17.8. The van der Waals surface area contributed by atoms with Crippen LogP contribution in [0.2, 0.25) is 0 Å². The Morgan fingerprint density at radius 2 is 1.15 bits per heavy atom. The molecule has 11 nitrogen and oxygen atoms in total. The zero-order valence-corrected chi connectivity index (χ0v) is 37.0. The highest BCUT2D eigenvalue weighted by Crippen LogP contribution is 2.42. The molecule has 3 aliphatic rings. The van der Waals surface area contributed by atoms with Crippen molar-refractivity contribution in [2.24, 2.45) is 11.8 Å². The third kappa shape index (κ3) is 14.0. The first kappa shape index (κ1) is 46.5. The van der Waals surface area contributed by atoms with Gasteiger partial charge in [0.25, 0.3) is 5.91 Å². The van der Waals surface area contributed by atoms with Gasteiger partial charge in [0.2, 0.25) is 23.6 Å². The Balaban J connectivity index is 1.02. The molecule has 1 aliphatic heterocycles. The summed E-state index contributed by atoms with van der Waals surface area (Å²) in [5, 5.41) is 15.7. The van der Waals surface area contributed by atoms with Crippen LogP contribution in [0.1, 0.15) is 143 Å². The molecule has 7 atom stereocenters. The number of likely N-dealkylation sites (tertiary alicyclic amines) is 1. The van der Waals surface area contributed by atoms with Crippen LogP contribution < -0.4 is 26.6 Å². The summed E-state index contributed by atoms with van der Waals surface area (Å²) in [6.45, 7) is 5.97. The van der Waals surface area contributed by atoms with Gasteiger partial charge < -0.3 is 31.5 Å². The van der Waals surface area contributed by atoms with Gasteiger partial charge in [-0.15, -0.1) is 0 Å². The fraction of sp³-hybridized carbons (Fsp3) is 0.549. The van der Waals surface area contributed by atoms with Crippen molar-refractivity contribution >= 4 is 29.5 Å². The van der Waals surface area contributed by atoms with Gasteiger partial charge in [0.15, 0.2) is 0 Å². The van der Waals surface area contributed by atoms with Gasteiger partial charge in [0.1, 0.15) is 6.04 Å². The molecule has 1 saturated heterocycles. The lowest BCUT2D eigenvalue weighted by molar-refractivity contribution is -0.133. The number of hydrogen-bond donors (Lipinski definition) is 5. The summed E-state index contributed by atoms with van der Waals surface area (Å²) in [5.74, 6) is -1.71. The Morgan fingerprint density at radius 3 is 1.69 bits per heavy atom. The van der Waals surface area contributed by atoms with Crippen LogP contribution in [0.5, 0.6) is 0 Å². The van der Waals surface area contributed by atoms with Crippen LogP contribution in [-0.4, -0.2) is 78.7 Å². The zero-order chi connectivity index (χ0) is 43.7. The number of nitrogens with zero attached hydrogens (tertiary/aromatic N) is 1. The summed E-state index contributed by atoms with van der Waals surface area (Å²) < 4.78 is 0. The Morgan fingerprint density at radius 1 is 0.629 bits per heavy atom. The number of amides is 5. The predicted molar refractivity (Wildman–Crippen MR) is 244 cm³/mol. The Labute approximate surface area is 369 Å². The first-order valence-electron chi connectivity index (χ1n) is 23.6. The van der Waals surface area contributed by atoms with Gasteiger partial charge in [-0.2, -0.15) is 0 Å². The number of carbonyl (C=O) groups excluding carboxylic acids is 5. The first-order valence-corrected chi connectivity index (χ1v) is 23.6. The highest BCUT2D eigenvalue weighted by molar-refractivity contribution is 5.97. The molecule has 3 aromatic carbocycles. The minimum absolute atomic E-state index is 0.0109. The second-order valence-corrected chi connectivity index (χ2v) is 17.8. The molecule has 62 heavy (non-hydrogen) atoms. The Bertz CT molecular complexity index is 1820. The second kappa shape index (κ2) is 24.0. The van der Waals surface area contributed by atoms with Crippen LogP contribution in [0.25, 0.3) is 0 Å². The van der Waals surface area contributed by atoms with E-state index in [0.29, 0.717) is 25.1 Å². The van der Waals surface area contributed by atoms with Crippen LogP contribution in [0, 0.1) is 11.8 Å². The summed E-state index contributed by atoms with van der Waals surface area (Å²) in [5.41, 5.74) is 3.77. The lowest BCUT2D eigenvalue weighted by atomic mass is 9.94. The number of carbonyl (C=O) groups is 5. The highest BCUT2D eigenvalue weighted by atomic mass is 16.2. The first-order chi connectivity index (χ1) is 30.2. The van der Waals surface area contributed by atoms with Crippen LogP contribution in [0.3, 0.4) is 0 Å². The number of unbranched alkanes of at least 4 members (excludes halogenated alkanes) is 9. The van der Waals surface area contributed by atoms with Gasteiger partial charge in [0.05, 0.1) is 11.8 Å². The molecule has 6 rings (SSSR count). The van der Waals surface area contributed by atoms with Gasteiger partial charge in [-0.05, 0) is 54.5 Å². The van der Waals surface area contributed by atoms with E-state index in [0.717, 1.165) is 63.4 Å². The van der Waals surface area contributed by atoms with Crippen molar-refractivity contribution in [2.75, 3.05) is 26.2 Å². The third-order valence-corrected chi connectivity index (χ3v) is 12.8. The molecule has 3 aromatic rings. The summed E-state index contributed by atoms with van der Waals surface area (Å²) in [6, 6.07) is 26.9. The van der Waals surface area contributed by atoms with Crippen molar-refractivity contribution in [2.45, 2.75) is 140 Å². The molecule has 0 radical (unpaired) electrons. The molecule has 11 heteroatoms. The van der Waals surface area contributed by atoms with Gasteiger partial charge >= 0.3 is 0 Å². The monoisotopic (exact) mass is 847 g/mol. The molecular formula is C51H70N6O5. The molecule has 0 aromatic heterocycles. The van der Waals surface area contributed by atoms with Crippen molar-refractivity contribution < 1.29 is 24.0 Å². The van der Waals surface area contributed by atoms with Crippen molar-refractivity contribution in [3.63, 3.8) is 0 Å². The molecular weight excluding hydrogens is 777 g/mol. The summed E-state index contributed by atoms with van der Waals surface area (Å²) in [6.07, 6.45) is 14.2. The minimum Gasteiger partial charge on any atom is -0.354 e. The maximum absolute atomic E-state index is 14.0. The molecule has 2 saturated carbocycles. The van der Waals surface area contributed by atoms with E-state index in [1.54, 1.807) is 17.0 Å². The number of benzene rings is 3. The van der Waals surface area contributed by atoms with Gasteiger partial charge in [-0.25, -0.2) is 0 Å². The minimum atomic E-state index is -0.696. The normalized spacial score (nSPS) is 21.7.